The molecule has 1 aromatic heterocycles. The highest BCUT2D eigenvalue weighted by Crippen LogP contribution is 2.60. The van der Waals surface area contributed by atoms with Gasteiger partial charge in [-0.3, -0.25) is 0 Å². The van der Waals surface area contributed by atoms with E-state index in [4.69, 9.17) is 4.42 Å². The van der Waals surface area contributed by atoms with Crippen LogP contribution in [0.4, 0.5) is 26.3 Å². The Morgan fingerprint density at radius 2 is 1.64 bits per heavy atom. The number of halogens is 6. The van der Waals surface area contributed by atoms with Gasteiger partial charge in [0.1, 0.15) is 11.3 Å². The Morgan fingerprint density at radius 1 is 1.00 bits per heavy atom. The Morgan fingerprint density at radius 3 is 2.18 bits per heavy atom. The average Bonchev–Trinajstić information content (AvgIpc) is 2.98. The smallest absolute Gasteiger partial charge is 0.461 e. The summed E-state index contributed by atoms with van der Waals surface area (Å²) in [6.07, 6.45) is -6.90. The molecule has 1 saturated carbocycles. The summed E-state index contributed by atoms with van der Waals surface area (Å²) in [5, 5.41) is 19.6. The van der Waals surface area contributed by atoms with Gasteiger partial charge in [0, 0.05) is 22.3 Å². The first-order chi connectivity index (χ1) is 15.0. The van der Waals surface area contributed by atoms with Crippen LogP contribution in [-0.2, 0) is 17.8 Å². The summed E-state index contributed by atoms with van der Waals surface area (Å²) in [6, 6.07) is 0.508. The van der Waals surface area contributed by atoms with Crippen LogP contribution in [0.5, 0.6) is 0 Å². The molecule has 0 radical (unpaired) electrons. The lowest BCUT2D eigenvalue weighted by atomic mass is 9.53. The van der Waals surface area contributed by atoms with Crippen LogP contribution in [0.1, 0.15) is 88.2 Å². The van der Waals surface area contributed by atoms with Crippen LogP contribution < -0.4 is 5.46 Å². The van der Waals surface area contributed by atoms with E-state index in [9.17, 15) is 36.4 Å². The maximum atomic E-state index is 13.9. The van der Waals surface area contributed by atoms with Gasteiger partial charge >= 0.3 is 19.5 Å². The van der Waals surface area contributed by atoms with Crippen LogP contribution in [0, 0.1) is 11.3 Å². The van der Waals surface area contributed by atoms with Crippen molar-refractivity contribution in [3.8, 4) is 0 Å². The zero-order valence-corrected chi connectivity index (χ0v) is 18.9. The number of furan rings is 1. The predicted molar refractivity (Wildman–Crippen MR) is 112 cm³/mol. The third kappa shape index (κ3) is 3.68. The fourth-order valence-electron chi connectivity index (χ4n) is 6.66. The average molecular weight is 476 g/mol. The molecule has 1 heterocycles. The lowest BCUT2D eigenvalue weighted by molar-refractivity contribution is -0.161. The molecule has 2 aliphatic rings. The molecule has 0 saturated heterocycles. The van der Waals surface area contributed by atoms with Gasteiger partial charge in [-0.05, 0) is 48.5 Å². The summed E-state index contributed by atoms with van der Waals surface area (Å²) in [7, 11) is -2.79. The molecule has 2 N–H and O–H groups in total. The van der Waals surface area contributed by atoms with Crippen molar-refractivity contribution in [2.24, 2.45) is 11.3 Å². The second kappa shape index (κ2) is 7.41. The molecule has 3 atom stereocenters. The second-order valence-corrected chi connectivity index (χ2v) is 10.6. The minimum atomic E-state index is -5.47. The minimum absolute atomic E-state index is 0.0855. The van der Waals surface area contributed by atoms with Crippen LogP contribution in [-0.4, -0.2) is 17.2 Å². The predicted octanol–water partition coefficient (Wildman–Crippen LogP) is 6.13. The van der Waals surface area contributed by atoms with Gasteiger partial charge in [-0.2, -0.15) is 26.3 Å². The van der Waals surface area contributed by atoms with Crippen molar-refractivity contribution in [2.75, 3.05) is 0 Å². The number of hydrogen-bond donors (Lipinski definition) is 2. The Hall–Kier alpha value is -1.68. The first-order valence-corrected chi connectivity index (χ1v) is 11.1. The molecule has 182 valence electrons. The number of rotatable bonds is 1. The van der Waals surface area contributed by atoms with Crippen LogP contribution in [0.15, 0.2) is 10.5 Å². The van der Waals surface area contributed by atoms with E-state index in [0.29, 0.717) is 30.2 Å². The summed E-state index contributed by atoms with van der Waals surface area (Å²) < 4.78 is 89.1. The first kappa shape index (κ1) is 24.4. The van der Waals surface area contributed by atoms with E-state index >= 15 is 0 Å². The molecule has 2 aromatic rings. The van der Waals surface area contributed by atoms with Gasteiger partial charge in [0.2, 0.25) is 0 Å². The van der Waals surface area contributed by atoms with Gasteiger partial charge in [0.15, 0.2) is 0 Å². The highest BCUT2D eigenvalue weighted by atomic mass is 19.4. The molecule has 2 aliphatic carbocycles. The standard InChI is InChI=1S/C23H27BF6O3/c1-11-6-7-14-20(2,3)8-5-9-21(14,4)15-12-10-13(22(25,26)27)16(23(28,29)30)17(24(31)32)19(12)33-18(11)15/h10-11,14,31-32H,5-9H2,1-4H3. The van der Waals surface area contributed by atoms with Crippen molar-refractivity contribution >= 4 is 23.6 Å². The number of alkyl halides is 6. The van der Waals surface area contributed by atoms with Gasteiger partial charge in [-0.15, -0.1) is 0 Å². The maximum Gasteiger partial charge on any atom is 0.492 e. The SMILES string of the molecule is CC1CCC2C(C)(C)CCCC2(C)c2c1oc1c(B(O)O)c(C(F)(F)F)c(C(F)(F)F)cc21. The summed E-state index contributed by atoms with van der Waals surface area (Å²) in [5.41, 5.74) is -6.08. The van der Waals surface area contributed by atoms with E-state index in [0.717, 1.165) is 19.3 Å². The Labute approximate surface area is 188 Å². The highest BCUT2D eigenvalue weighted by Gasteiger charge is 2.53. The van der Waals surface area contributed by atoms with E-state index in [-0.39, 0.29) is 22.6 Å². The molecule has 0 bridgehead atoms. The minimum Gasteiger partial charge on any atom is -0.461 e. The van der Waals surface area contributed by atoms with Crippen molar-refractivity contribution in [1.29, 1.82) is 0 Å². The summed E-state index contributed by atoms with van der Waals surface area (Å²) in [4.78, 5) is 0. The van der Waals surface area contributed by atoms with Crippen molar-refractivity contribution in [3.05, 3.63) is 28.5 Å². The molecule has 1 aromatic carbocycles. The quantitative estimate of drug-likeness (QED) is 0.385. The van der Waals surface area contributed by atoms with Crippen LogP contribution in [0.25, 0.3) is 11.0 Å². The van der Waals surface area contributed by atoms with Gasteiger partial charge in [0.25, 0.3) is 0 Å². The summed E-state index contributed by atoms with van der Waals surface area (Å²) in [5.74, 6) is 0.197. The zero-order chi connectivity index (χ0) is 24.7. The fourth-order valence-corrected chi connectivity index (χ4v) is 6.66. The van der Waals surface area contributed by atoms with Gasteiger partial charge in [-0.1, -0.05) is 34.1 Å². The van der Waals surface area contributed by atoms with E-state index in [1.165, 1.54) is 0 Å². The Kier molecular flexibility index (Phi) is 5.49. The van der Waals surface area contributed by atoms with Crippen LogP contribution in [0.2, 0.25) is 0 Å². The molecule has 0 spiro atoms. The Balaban J connectivity index is 2.18. The number of benzene rings is 1. The number of fused-ring (bicyclic) bond motifs is 5. The van der Waals surface area contributed by atoms with E-state index < -0.39 is 47.1 Å². The van der Waals surface area contributed by atoms with Gasteiger partial charge < -0.3 is 14.5 Å². The Bertz CT molecular complexity index is 1080. The fraction of sp³-hybridized carbons (Fsp3) is 0.652. The van der Waals surface area contributed by atoms with Gasteiger partial charge in [0.05, 0.1) is 11.1 Å². The second-order valence-electron chi connectivity index (χ2n) is 10.6. The lowest BCUT2D eigenvalue weighted by Gasteiger charge is -2.50. The summed E-state index contributed by atoms with van der Waals surface area (Å²) >= 11 is 0. The number of hydrogen-bond acceptors (Lipinski definition) is 3. The molecular formula is C23H27BF6O3. The maximum absolute atomic E-state index is 13.9. The monoisotopic (exact) mass is 476 g/mol. The van der Waals surface area contributed by atoms with Crippen LogP contribution in [0.3, 0.4) is 0 Å². The van der Waals surface area contributed by atoms with Gasteiger partial charge in [-0.25, -0.2) is 0 Å². The largest absolute Gasteiger partial charge is 0.492 e. The molecule has 0 aliphatic heterocycles. The van der Waals surface area contributed by atoms with Crippen molar-refractivity contribution in [3.63, 3.8) is 0 Å². The lowest BCUT2D eigenvalue weighted by Crippen LogP contribution is -2.44. The molecule has 1 fully saturated rings. The topological polar surface area (TPSA) is 53.6 Å². The molecule has 3 nitrogen and oxygen atoms in total. The van der Waals surface area contributed by atoms with E-state index in [1.54, 1.807) is 0 Å². The third-order valence-corrected chi connectivity index (χ3v) is 8.03. The molecule has 10 heteroatoms. The van der Waals surface area contributed by atoms with Crippen molar-refractivity contribution < 1.29 is 40.8 Å². The molecule has 33 heavy (non-hydrogen) atoms. The van der Waals surface area contributed by atoms with Crippen LogP contribution >= 0.6 is 0 Å². The molecule has 3 unspecified atom stereocenters. The zero-order valence-electron chi connectivity index (χ0n) is 18.9. The molecule has 0 amide bonds. The highest BCUT2D eigenvalue weighted by molar-refractivity contribution is 6.62. The first-order valence-electron chi connectivity index (χ1n) is 11.1. The molecular weight excluding hydrogens is 449 g/mol. The van der Waals surface area contributed by atoms with E-state index in [1.807, 2.05) is 13.8 Å². The van der Waals surface area contributed by atoms with Crippen molar-refractivity contribution in [1.82, 2.24) is 0 Å². The van der Waals surface area contributed by atoms with Crippen molar-refractivity contribution in [2.45, 2.75) is 83.5 Å². The summed E-state index contributed by atoms with van der Waals surface area (Å²) in [6.45, 7) is 8.06. The van der Waals surface area contributed by atoms with E-state index in [2.05, 4.69) is 13.8 Å². The third-order valence-electron chi connectivity index (χ3n) is 8.03. The normalized spacial score (nSPS) is 27.8. The molecule has 4 rings (SSSR count).